The van der Waals surface area contributed by atoms with Gasteiger partial charge in [-0.2, -0.15) is 0 Å². The number of fused-ring (bicyclic) bond motifs is 1. The minimum absolute atomic E-state index is 0.694. The molecular weight excluding hydrogens is 266 g/mol. The van der Waals surface area contributed by atoms with Crippen LogP contribution in [0.25, 0.3) is 11.0 Å². The largest absolute Gasteiger partial charge is 0.302 e. The first kappa shape index (κ1) is 14.5. The summed E-state index contributed by atoms with van der Waals surface area (Å²) in [6.45, 7) is 11.1. The number of aromatic nitrogens is 2. The van der Waals surface area contributed by atoms with Crippen LogP contribution in [0.4, 0.5) is 0 Å². The summed E-state index contributed by atoms with van der Waals surface area (Å²) >= 11 is 5.64. The molecule has 0 aromatic carbocycles. The maximum Gasteiger partial charge on any atom is 0.159 e. The molecule has 0 spiro atoms. The Hall–Kier alpha value is -1.94. The third kappa shape index (κ3) is 2.65. The van der Waals surface area contributed by atoms with Crippen LogP contribution in [-0.4, -0.2) is 22.7 Å². The lowest BCUT2D eigenvalue weighted by Crippen LogP contribution is -2.36. The molecule has 0 fully saturated rings. The number of pyridine rings is 2. The summed E-state index contributed by atoms with van der Waals surface area (Å²) in [6.07, 6.45) is 6.41. The highest BCUT2D eigenvalue weighted by molar-refractivity contribution is 7.71. The van der Waals surface area contributed by atoms with Gasteiger partial charge >= 0.3 is 0 Å². The standard InChI is InChI=1S/C16H19N3S/c1-4-10-18(11-5-2)19-15-14(8-7-9-17-15)12-13(6-3)16(19)20/h4-5,7-9,12H,1-2,6,10-11H2,3H3. The molecule has 0 atom stereocenters. The predicted molar refractivity (Wildman–Crippen MR) is 88.3 cm³/mol. The Bertz CT molecular complexity index is 678. The second-order valence-corrected chi connectivity index (χ2v) is 4.89. The van der Waals surface area contributed by atoms with E-state index in [9.17, 15) is 0 Å². The monoisotopic (exact) mass is 285 g/mol. The highest BCUT2D eigenvalue weighted by Gasteiger charge is 2.11. The molecule has 0 saturated carbocycles. The van der Waals surface area contributed by atoms with Crippen molar-refractivity contribution < 1.29 is 0 Å². The fourth-order valence-corrected chi connectivity index (χ4v) is 2.64. The molecule has 4 heteroatoms. The molecule has 0 unspecified atom stereocenters. The van der Waals surface area contributed by atoms with Crippen LogP contribution >= 0.6 is 12.2 Å². The Balaban J connectivity index is 2.76. The van der Waals surface area contributed by atoms with Gasteiger partial charge in [0.25, 0.3) is 0 Å². The van der Waals surface area contributed by atoms with Crippen LogP contribution in [0.5, 0.6) is 0 Å². The zero-order valence-electron chi connectivity index (χ0n) is 11.7. The maximum atomic E-state index is 5.64. The number of hydrogen-bond acceptors (Lipinski definition) is 3. The molecule has 0 aliphatic carbocycles. The molecule has 2 heterocycles. The number of hydrogen-bond donors (Lipinski definition) is 0. The van der Waals surface area contributed by atoms with Crippen molar-refractivity contribution >= 4 is 23.3 Å². The van der Waals surface area contributed by atoms with Gasteiger partial charge in [-0.15, -0.1) is 13.2 Å². The highest BCUT2D eigenvalue weighted by Crippen LogP contribution is 2.17. The van der Waals surface area contributed by atoms with Crippen molar-refractivity contribution in [3.05, 3.63) is 59.9 Å². The lowest BCUT2D eigenvalue weighted by atomic mass is 10.2. The number of rotatable bonds is 6. The Morgan fingerprint density at radius 3 is 2.65 bits per heavy atom. The lowest BCUT2D eigenvalue weighted by Gasteiger charge is -2.26. The fourth-order valence-electron chi connectivity index (χ4n) is 2.23. The summed E-state index contributed by atoms with van der Waals surface area (Å²) in [4.78, 5) is 4.49. The van der Waals surface area contributed by atoms with Gasteiger partial charge in [-0.05, 0) is 30.2 Å². The summed E-state index contributed by atoms with van der Waals surface area (Å²) in [5.74, 6) is 0. The summed E-state index contributed by atoms with van der Waals surface area (Å²) in [5.41, 5.74) is 2.03. The quantitative estimate of drug-likeness (QED) is 0.597. The normalized spacial score (nSPS) is 10.4. The summed E-state index contributed by atoms with van der Waals surface area (Å²) < 4.78 is 2.81. The Morgan fingerprint density at radius 2 is 2.05 bits per heavy atom. The van der Waals surface area contributed by atoms with Gasteiger partial charge in [0.1, 0.15) is 4.64 Å². The van der Waals surface area contributed by atoms with Crippen molar-refractivity contribution in [1.29, 1.82) is 0 Å². The molecule has 0 N–H and O–H groups in total. The van der Waals surface area contributed by atoms with E-state index < -0.39 is 0 Å². The van der Waals surface area contributed by atoms with Crippen LogP contribution in [0.15, 0.2) is 49.7 Å². The molecule has 3 nitrogen and oxygen atoms in total. The van der Waals surface area contributed by atoms with Crippen LogP contribution < -0.4 is 5.01 Å². The van der Waals surface area contributed by atoms with E-state index in [1.165, 1.54) is 0 Å². The summed E-state index contributed by atoms with van der Waals surface area (Å²) in [7, 11) is 0. The SMILES string of the molecule is C=CCN(CC=C)n1c(=S)c(CC)cc2cccnc21. The molecule has 0 aliphatic rings. The Labute approximate surface area is 124 Å². The first-order valence-corrected chi connectivity index (χ1v) is 7.10. The molecule has 0 saturated heterocycles. The van der Waals surface area contributed by atoms with Gasteiger partial charge in [0, 0.05) is 11.6 Å². The van der Waals surface area contributed by atoms with Gasteiger partial charge in [0.05, 0.1) is 13.1 Å². The van der Waals surface area contributed by atoms with Gasteiger partial charge in [-0.25, -0.2) is 9.66 Å². The summed E-state index contributed by atoms with van der Waals surface area (Å²) in [5, 5.41) is 3.19. The predicted octanol–water partition coefficient (Wildman–Crippen LogP) is 3.64. The smallest absolute Gasteiger partial charge is 0.159 e. The minimum atomic E-state index is 0.694. The molecule has 0 aliphatic heterocycles. The van der Waals surface area contributed by atoms with Crippen molar-refractivity contribution in [1.82, 2.24) is 9.66 Å². The second kappa shape index (κ2) is 6.48. The lowest BCUT2D eigenvalue weighted by molar-refractivity contribution is 0.659. The number of aryl methyl sites for hydroxylation is 1. The van der Waals surface area contributed by atoms with Crippen LogP contribution in [-0.2, 0) is 6.42 Å². The number of nitrogens with zero attached hydrogens (tertiary/aromatic N) is 3. The molecule has 2 rings (SSSR count). The van der Waals surface area contributed by atoms with Crippen LogP contribution in [0.2, 0.25) is 0 Å². The van der Waals surface area contributed by atoms with Crippen LogP contribution in [0.3, 0.4) is 0 Å². The molecule has 0 amide bonds. The third-order valence-electron chi connectivity index (χ3n) is 3.16. The van der Waals surface area contributed by atoms with E-state index in [0.29, 0.717) is 13.1 Å². The van der Waals surface area contributed by atoms with Gasteiger partial charge in [0.2, 0.25) is 0 Å². The highest BCUT2D eigenvalue weighted by atomic mass is 32.1. The molecule has 2 aromatic rings. The first-order valence-electron chi connectivity index (χ1n) is 6.69. The Kier molecular flexibility index (Phi) is 4.69. The van der Waals surface area contributed by atoms with E-state index >= 15 is 0 Å². The van der Waals surface area contributed by atoms with Crippen molar-refractivity contribution in [3.8, 4) is 0 Å². The maximum absolute atomic E-state index is 5.64. The molecule has 2 aromatic heterocycles. The van der Waals surface area contributed by atoms with Crippen molar-refractivity contribution in [2.75, 3.05) is 18.1 Å². The Morgan fingerprint density at radius 1 is 1.35 bits per heavy atom. The van der Waals surface area contributed by atoms with Gasteiger partial charge in [-0.1, -0.05) is 31.3 Å². The molecule has 0 bridgehead atoms. The molecule has 20 heavy (non-hydrogen) atoms. The molecule has 0 radical (unpaired) electrons. The fraction of sp³-hybridized carbons (Fsp3) is 0.250. The second-order valence-electron chi connectivity index (χ2n) is 4.51. The van der Waals surface area contributed by atoms with Gasteiger partial charge in [0.15, 0.2) is 5.65 Å². The summed E-state index contributed by atoms with van der Waals surface area (Å²) in [6, 6.07) is 6.13. The zero-order chi connectivity index (χ0) is 14.5. The van der Waals surface area contributed by atoms with E-state index in [4.69, 9.17) is 12.2 Å². The van der Waals surface area contributed by atoms with Gasteiger partial charge in [-0.3, -0.25) is 0 Å². The van der Waals surface area contributed by atoms with E-state index in [2.05, 4.69) is 42.2 Å². The van der Waals surface area contributed by atoms with E-state index in [0.717, 1.165) is 27.7 Å². The van der Waals surface area contributed by atoms with Crippen molar-refractivity contribution in [2.45, 2.75) is 13.3 Å². The van der Waals surface area contributed by atoms with Crippen molar-refractivity contribution in [2.24, 2.45) is 0 Å². The van der Waals surface area contributed by atoms with E-state index in [1.54, 1.807) is 6.20 Å². The third-order valence-corrected chi connectivity index (χ3v) is 3.59. The molecular formula is C16H19N3S. The molecule has 104 valence electrons. The van der Waals surface area contributed by atoms with E-state index in [1.807, 2.05) is 22.9 Å². The van der Waals surface area contributed by atoms with Crippen LogP contribution in [0.1, 0.15) is 12.5 Å². The minimum Gasteiger partial charge on any atom is -0.302 e. The average Bonchev–Trinajstić information content (AvgIpc) is 2.46. The van der Waals surface area contributed by atoms with Gasteiger partial charge < -0.3 is 5.01 Å². The average molecular weight is 285 g/mol. The zero-order valence-corrected chi connectivity index (χ0v) is 12.6. The first-order chi connectivity index (χ1) is 9.72. The van der Waals surface area contributed by atoms with Crippen LogP contribution in [0, 0.1) is 4.64 Å². The topological polar surface area (TPSA) is 21.1 Å². The van der Waals surface area contributed by atoms with Crippen molar-refractivity contribution in [3.63, 3.8) is 0 Å². The van der Waals surface area contributed by atoms with E-state index in [-0.39, 0.29) is 0 Å².